The van der Waals surface area contributed by atoms with E-state index in [0.717, 1.165) is 59.8 Å². The van der Waals surface area contributed by atoms with E-state index in [9.17, 15) is 13.5 Å². The number of fused-ring (bicyclic) bond motifs is 2. The molecule has 5 aromatic rings. The molecule has 6 rings (SSSR count). The summed E-state index contributed by atoms with van der Waals surface area (Å²) in [7, 11) is -3.97. The first-order valence-corrected chi connectivity index (χ1v) is 15.0. The molecule has 1 aliphatic rings. The van der Waals surface area contributed by atoms with Crippen molar-refractivity contribution in [2.45, 2.75) is 56.1 Å². The lowest BCUT2D eigenvalue weighted by Gasteiger charge is -2.28. The van der Waals surface area contributed by atoms with Crippen LogP contribution in [0.4, 0.5) is 11.8 Å². The Morgan fingerprint density at radius 1 is 1.10 bits per heavy atom. The van der Waals surface area contributed by atoms with Gasteiger partial charge in [-0.2, -0.15) is 5.10 Å². The van der Waals surface area contributed by atoms with E-state index in [2.05, 4.69) is 38.1 Å². The van der Waals surface area contributed by atoms with Gasteiger partial charge in [0.05, 0.1) is 28.4 Å². The smallest absolute Gasteiger partial charge is 0.264 e. The third-order valence-electron chi connectivity index (χ3n) is 7.29. The molecule has 3 aromatic heterocycles. The molecule has 40 heavy (non-hydrogen) atoms. The van der Waals surface area contributed by atoms with Crippen LogP contribution in [0.1, 0.15) is 38.2 Å². The van der Waals surface area contributed by atoms with Crippen LogP contribution in [-0.4, -0.2) is 50.2 Å². The van der Waals surface area contributed by atoms with Crippen molar-refractivity contribution in [1.82, 2.24) is 24.6 Å². The lowest BCUT2D eigenvalue weighted by molar-refractivity contribution is 0.116. The van der Waals surface area contributed by atoms with E-state index in [4.69, 9.17) is 16.6 Å². The molecular weight excluding hydrogens is 550 g/mol. The molecule has 0 amide bonds. The molecule has 3 N–H and O–H groups in total. The van der Waals surface area contributed by atoms with E-state index in [-0.39, 0.29) is 21.8 Å². The van der Waals surface area contributed by atoms with Crippen molar-refractivity contribution in [3.8, 4) is 11.3 Å². The SMILES string of the molecule is CCc1cc(-c2ccc3c(NS(=O)(=O)c4ccccc4Cl)ncnn23)cc2cnc(N[C@H]3CCCC[C@H]3O)nc12. The highest BCUT2D eigenvalue weighted by molar-refractivity contribution is 7.92. The van der Waals surface area contributed by atoms with Crippen LogP contribution in [0.15, 0.2) is 66.0 Å². The second-order valence-electron chi connectivity index (χ2n) is 9.88. The summed E-state index contributed by atoms with van der Waals surface area (Å²) in [6.07, 6.45) is 7.23. The molecule has 1 saturated carbocycles. The Hall–Kier alpha value is -3.80. The molecular formula is C28H28ClN7O3S. The molecule has 206 valence electrons. The van der Waals surface area contributed by atoms with Gasteiger partial charge in [0.1, 0.15) is 16.7 Å². The van der Waals surface area contributed by atoms with E-state index in [1.54, 1.807) is 28.9 Å². The maximum absolute atomic E-state index is 13.0. The average Bonchev–Trinajstić information content (AvgIpc) is 3.39. The summed E-state index contributed by atoms with van der Waals surface area (Å²) >= 11 is 6.14. The number of hydrogen-bond acceptors (Lipinski definition) is 8. The van der Waals surface area contributed by atoms with Crippen LogP contribution >= 0.6 is 11.6 Å². The molecule has 0 saturated heterocycles. The zero-order valence-electron chi connectivity index (χ0n) is 21.7. The summed E-state index contributed by atoms with van der Waals surface area (Å²) in [4.78, 5) is 13.5. The zero-order valence-corrected chi connectivity index (χ0v) is 23.3. The van der Waals surface area contributed by atoms with Gasteiger partial charge in [-0.1, -0.05) is 43.5 Å². The molecule has 10 nitrogen and oxygen atoms in total. The van der Waals surface area contributed by atoms with Crippen LogP contribution in [0.3, 0.4) is 0 Å². The van der Waals surface area contributed by atoms with Crippen molar-refractivity contribution in [2.24, 2.45) is 0 Å². The number of hydrogen-bond donors (Lipinski definition) is 3. The van der Waals surface area contributed by atoms with Gasteiger partial charge < -0.3 is 10.4 Å². The number of nitrogens with one attached hydrogen (secondary N) is 2. The normalized spacial score (nSPS) is 17.8. The van der Waals surface area contributed by atoms with Crippen LogP contribution in [0.25, 0.3) is 27.7 Å². The van der Waals surface area contributed by atoms with Crippen molar-refractivity contribution in [2.75, 3.05) is 10.0 Å². The third-order valence-corrected chi connectivity index (χ3v) is 9.13. The van der Waals surface area contributed by atoms with Crippen LogP contribution in [0, 0.1) is 0 Å². The summed E-state index contributed by atoms with van der Waals surface area (Å²) in [6, 6.07) is 13.9. The van der Waals surface area contributed by atoms with Crippen LogP contribution in [0.2, 0.25) is 5.02 Å². The van der Waals surface area contributed by atoms with Gasteiger partial charge in [-0.25, -0.2) is 27.9 Å². The molecule has 0 radical (unpaired) electrons. The van der Waals surface area contributed by atoms with Crippen LogP contribution in [0.5, 0.6) is 0 Å². The summed E-state index contributed by atoms with van der Waals surface area (Å²) in [5, 5.41) is 19.1. The van der Waals surface area contributed by atoms with Crippen molar-refractivity contribution in [3.63, 3.8) is 0 Å². The Balaban J connectivity index is 1.35. The second-order valence-corrected chi connectivity index (χ2v) is 11.9. The predicted molar refractivity (Wildman–Crippen MR) is 155 cm³/mol. The standard InChI is InChI=1S/C28H28ClN7O3S/c1-2-17-13-18(14-19-15-30-28(34-26(17)19)33-21-8-4-5-9-24(21)37)22-11-12-23-27(31-16-32-36(22)23)35-40(38,39)25-10-6-3-7-20(25)29/h3,6-7,10-16,21,24,37H,2,4-5,8-9H2,1H3,(H,30,33,34)(H,31,32,35)/t21-,24+/m0/s1. The number of aliphatic hydroxyl groups is 1. The van der Waals surface area contributed by atoms with Crippen molar-refractivity contribution in [3.05, 3.63) is 71.6 Å². The number of aryl methyl sites for hydroxylation is 1. The molecule has 3 heterocycles. The maximum Gasteiger partial charge on any atom is 0.264 e. The highest BCUT2D eigenvalue weighted by atomic mass is 35.5. The quantitative estimate of drug-likeness (QED) is 0.244. The fraction of sp³-hybridized carbons (Fsp3) is 0.286. The van der Waals surface area contributed by atoms with Gasteiger partial charge in [0.15, 0.2) is 5.82 Å². The number of anilines is 2. The fourth-order valence-electron chi connectivity index (χ4n) is 5.23. The van der Waals surface area contributed by atoms with Gasteiger partial charge in [-0.3, -0.25) is 4.72 Å². The second kappa shape index (κ2) is 10.6. The Morgan fingerprint density at radius 2 is 1.93 bits per heavy atom. The average molecular weight is 578 g/mol. The van der Waals surface area contributed by atoms with Crippen molar-refractivity contribution < 1.29 is 13.5 Å². The van der Waals surface area contributed by atoms with E-state index in [0.29, 0.717) is 11.5 Å². The molecule has 2 aromatic carbocycles. The Bertz CT molecular complexity index is 1830. The number of aromatic nitrogens is 5. The first kappa shape index (κ1) is 26.4. The number of nitrogens with zero attached hydrogens (tertiary/aromatic N) is 5. The van der Waals surface area contributed by atoms with Gasteiger partial charge in [0.2, 0.25) is 5.95 Å². The van der Waals surface area contributed by atoms with Crippen LogP contribution < -0.4 is 10.0 Å². The largest absolute Gasteiger partial charge is 0.391 e. The van der Waals surface area contributed by atoms with Gasteiger partial charge in [-0.15, -0.1) is 0 Å². The minimum atomic E-state index is -3.97. The lowest BCUT2D eigenvalue weighted by atomic mass is 9.93. The number of halogens is 1. The monoisotopic (exact) mass is 577 g/mol. The Morgan fingerprint density at radius 3 is 2.73 bits per heavy atom. The van der Waals surface area contributed by atoms with E-state index in [1.165, 1.54) is 18.5 Å². The zero-order chi connectivity index (χ0) is 27.9. The Kier molecular flexibility index (Phi) is 7.03. The minimum Gasteiger partial charge on any atom is -0.391 e. The van der Waals surface area contributed by atoms with Gasteiger partial charge >= 0.3 is 0 Å². The van der Waals surface area contributed by atoms with Crippen molar-refractivity contribution >= 4 is 49.8 Å². The third kappa shape index (κ3) is 4.96. The molecule has 0 spiro atoms. The summed E-state index contributed by atoms with van der Waals surface area (Å²) in [5.41, 5.74) is 4.02. The molecule has 1 aliphatic carbocycles. The van der Waals surface area contributed by atoms with E-state index in [1.807, 2.05) is 12.1 Å². The van der Waals surface area contributed by atoms with Gasteiger partial charge in [-0.05, 0) is 61.2 Å². The summed E-state index contributed by atoms with van der Waals surface area (Å²) in [5.74, 6) is 0.652. The van der Waals surface area contributed by atoms with E-state index >= 15 is 0 Å². The number of aliphatic hydroxyl groups excluding tert-OH is 1. The molecule has 2 atom stereocenters. The van der Waals surface area contributed by atoms with Crippen molar-refractivity contribution in [1.29, 1.82) is 0 Å². The molecule has 12 heteroatoms. The number of benzene rings is 2. The number of rotatable bonds is 7. The first-order chi connectivity index (χ1) is 19.3. The molecule has 0 bridgehead atoms. The highest BCUT2D eigenvalue weighted by Crippen LogP contribution is 2.31. The number of sulfonamides is 1. The first-order valence-electron chi connectivity index (χ1n) is 13.2. The maximum atomic E-state index is 13.0. The predicted octanol–water partition coefficient (Wildman–Crippen LogP) is 5.07. The lowest BCUT2D eigenvalue weighted by Crippen LogP contribution is -2.36. The van der Waals surface area contributed by atoms with Crippen LogP contribution in [-0.2, 0) is 16.4 Å². The minimum absolute atomic E-state index is 0.0332. The summed E-state index contributed by atoms with van der Waals surface area (Å²) < 4.78 is 30.3. The van der Waals surface area contributed by atoms with Gasteiger partial charge in [0, 0.05) is 17.1 Å². The topological polar surface area (TPSA) is 134 Å². The molecule has 0 aliphatic heterocycles. The molecule has 1 fully saturated rings. The fourth-order valence-corrected chi connectivity index (χ4v) is 6.77. The van der Waals surface area contributed by atoms with E-state index < -0.39 is 16.1 Å². The Labute approximate surface area is 236 Å². The van der Waals surface area contributed by atoms with Gasteiger partial charge in [0.25, 0.3) is 10.0 Å². The molecule has 0 unspecified atom stereocenters. The highest BCUT2D eigenvalue weighted by Gasteiger charge is 2.24. The summed E-state index contributed by atoms with van der Waals surface area (Å²) in [6.45, 7) is 2.07.